The Labute approximate surface area is 154 Å². The van der Waals surface area contributed by atoms with Crippen LogP contribution in [-0.2, 0) is 16.1 Å². The van der Waals surface area contributed by atoms with Crippen LogP contribution in [0.2, 0.25) is 0 Å². The molecule has 0 bridgehead atoms. The Morgan fingerprint density at radius 2 is 1.88 bits per heavy atom. The third kappa shape index (κ3) is 4.49. The van der Waals surface area contributed by atoms with E-state index in [4.69, 9.17) is 0 Å². The zero-order valence-corrected chi connectivity index (χ0v) is 15.4. The fourth-order valence-electron chi connectivity index (χ4n) is 3.23. The van der Waals surface area contributed by atoms with Gasteiger partial charge in [-0.05, 0) is 55.8 Å². The van der Waals surface area contributed by atoms with Crippen LogP contribution in [0, 0.1) is 6.92 Å². The highest BCUT2D eigenvalue weighted by Crippen LogP contribution is 2.23. The third-order valence-corrected chi connectivity index (χ3v) is 4.65. The number of nitrogens with zero attached hydrogens (tertiary/aromatic N) is 2. The van der Waals surface area contributed by atoms with Crippen molar-refractivity contribution < 1.29 is 9.59 Å². The van der Waals surface area contributed by atoms with E-state index >= 15 is 0 Å². The van der Waals surface area contributed by atoms with Gasteiger partial charge in [-0.2, -0.15) is 0 Å². The number of anilines is 2. The van der Waals surface area contributed by atoms with Crippen LogP contribution < -0.4 is 10.2 Å². The quantitative estimate of drug-likeness (QED) is 0.870. The average Bonchev–Trinajstić information content (AvgIpc) is 3.03. The maximum atomic E-state index is 12.3. The molecule has 3 rings (SSSR count). The number of carbonyl (C=O) groups excluding carboxylic acids is 2. The summed E-state index contributed by atoms with van der Waals surface area (Å²) in [5.74, 6) is 0.116. The normalized spacial score (nSPS) is 14.1. The minimum absolute atomic E-state index is 0.0499. The number of hydrogen-bond donors (Lipinski definition) is 1. The Morgan fingerprint density at radius 3 is 2.54 bits per heavy atom. The molecule has 0 atom stereocenters. The summed E-state index contributed by atoms with van der Waals surface area (Å²) < 4.78 is 0. The van der Waals surface area contributed by atoms with Gasteiger partial charge >= 0.3 is 0 Å². The fraction of sp³-hybridized carbons (Fsp3) is 0.333. The predicted molar refractivity (Wildman–Crippen MR) is 104 cm³/mol. The smallest absolute Gasteiger partial charge is 0.238 e. The number of rotatable bonds is 6. The highest BCUT2D eigenvalue weighted by Gasteiger charge is 2.21. The zero-order valence-electron chi connectivity index (χ0n) is 15.4. The molecule has 1 aliphatic rings. The van der Waals surface area contributed by atoms with Crippen molar-refractivity contribution in [2.75, 3.05) is 30.4 Å². The van der Waals surface area contributed by atoms with Crippen LogP contribution in [0.4, 0.5) is 11.4 Å². The maximum Gasteiger partial charge on any atom is 0.238 e. The van der Waals surface area contributed by atoms with Gasteiger partial charge in [-0.3, -0.25) is 14.5 Å². The molecule has 5 heteroatoms. The van der Waals surface area contributed by atoms with Gasteiger partial charge in [0, 0.05) is 30.9 Å². The number of hydrogen-bond acceptors (Lipinski definition) is 3. The number of benzene rings is 2. The molecule has 0 spiro atoms. The molecule has 1 aliphatic heterocycles. The van der Waals surface area contributed by atoms with Crippen LogP contribution in [0.1, 0.15) is 24.0 Å². The van der Waals surface area contributed by atoms with Crippen molar-refractivity contribution in [3.63, 3.8) is 0 Å². The second-order valence-electron chi connectivity index (χ2n) is 6.84. The van der Waals surface area contributed by atoms with Gasteiger partial charge < -0.3 is 10.2 Å². The molecule has 0 aliphatic carbocycles. The Balaban J connectivity index is 1.53. The van der Waals surface area contributed by atoms with Gasteiger partial charge in [0.1, 0.15) is 0 Å². The molecule has 2 aromatic rings. The average molecular weight is 351 g/mol. The summed E-state index contributed by atoms with van der Waals surface area (Å²) in [6.45, 7) is 3.90. The zero-order chi connectivity index (χ0) is 18.5. The molecule has 136 valence electrons. The Kier molecular flexibility index (Phi) is 5.68. The minimum Gasteiger partial charge on any atom is -0.325 e. The van der Waals surface area contributed by atoms with E-state index < -0.39 is 0 Å². The number of aryl methyl sites for hydroxylation is 1. The molecule has 0 aromatic heterocycles. The van der Waals surface area contributed by atoms with Crippen molar-refractivity contribution in [3.05, 3.63) is 59.7 Å². The number of amides is 2. The van der Waals surface area contributed by atoms with Crippen molar-refractivity contribution in [2.45, 2.75) is 26.3 Å². The molecular weight excluding hydrogens is 326 g/mol. The van der Waals surface area contributed by atoms with Gasteiger partial charge in [-0.15, -0.1) is 0 Å². The van der Waals surface area contributed by atoms with Crippen molar-refractivity contribution >= 4 is 23.2 Å². The monoisotopic (exact) mass is 351 g/mol. The molecule has 2 amide bonds. The highest BCUT2D eigenvalue weighted by atomic mass is 16.2. The van der Waals surface area contributed by atoms with E-state index in [1.165, 1.54) is 11.1 Å². The molecule has 26 heavy (non-hydrogen) atoms. The fourth-order valence-corrected chi connectivity index (χ4v) is 3.23. The van der Waals surface area contributed by atoms with Crippen LogP contribution in [0.25, 0.3) is 0 Å². The lowest BCUT2D eigenvalue weighted by molar-refractivity contribution is -0.117. The molecule has 2 aromatic carbocycles. The van der Waals surface area contributed by atoms with Crippen molar-refractivity contribution in [1.82, 2.24) is 4.90 Å². The van der Waals surface area contributed by atoms with Crippen molar-refractivity contribution in [2.24, 2.45) is 0 Å². The molecule has 1 fully saturated rings. The van der Waals surface area contributed by atoms with E-state index in [1.54, 1.807) is 4.90 Å². The van der Waals surface area contributed by atoms with E-state index in [-0.39, 0.29) is 11.8 Å². The molecule has 5 nitrogen and oxygen atoms in total. The molecular formula is C21H25N3O2. The minimum atomic E-state index is -0.0499. The first-order valence-electron chi connectivity index (χ1n) is 8.96. The van der Waals surface area contributed by atoms with Gasteiger partial charge in [0.2, 0.25) is 11.8 Å². The van der Waals surface area contributed by atoms with E-state index in [2.05, 4.69) is 24.4 Å². The van der Waals surface area contributed by atoms with E-state index in [0.717, 1.165) is 30.9 Å². The number of nitrogens with one attached hydrogen (secondary N) is 1. The first kappa shape index (κ1) is 18.1. The number of likely N-dealkylation sites (N-methyl/N-ethyl adjacent to an activating group) is 1. The van der Waals surface area contributed by atoms with Crippen LogP contribution in [0.3, 0.4) is 0 Å². The summed E-state index contributed by atoms with van der Waals surface area (Å²) in [6, 6.07) is 15.7. The topological polar surface area (TPSA) is 52.7 Å². The van der Waals surface area contributed by atoms with Crippen LogP contribution in [-0.4, -0.2) is 36.9 Å². The molecule has 0 unspecified atom stereocenters. The Bertz CT molecular complexity index is 786. The summed E-state index contributed by atoms with van der Waals surface area (Å²) in [7, 11) is 1.94. The molecule has 1 heterocycles. The first-order chi connectivity index (χ1) is 12.5. The Morgan fingerprint density at radius 1 is 1.15 bits per heavy atom. The largest absolute Gasteiger partial charge is 0.325 e. The highest BCUT2D eigenvalue weighted by molar-refractivity contribution is 5.96. The van der Waals surface area contributed by atoms with Crippen LogP contribution in [0.15, 0.2) is 48.5 Å². The van der Waals surface area contributed by atoms with E-state index in [1.807, 2.05) is 48.3 Å². The third-order valence-electron chi connectivity index (χ3n) is 4.65. The lowest BCUT2D eigenvalue weighted by Gasteiger charge is -2.18. The second kappa shape index (κ2) is 8.15. The maximum absolute atomic E-state index is 12.3. The summed E-state index contributed by atoms with van der Waals surface area (Å²) in [5, 5.41) is 2.92. The first-order valence-corrected chi connectivity index (χ1v) is 8.96. The van der Waals surface area contributed by atoms with Gasteiger partial charge in [-0.1, -0.05) is 24.3 Å². The van der Waals surface area contributed by atoms with Gasteiger partial charge in [-0.25, -0.2) is 0 Å². The Hall–Kier alpha value is -2.66. The van der Waals surface area contributed by atoms with Gasteiger partial charge in [0.15, 0.2) is 0 Å². The lowest BCUT2D eigenvalue weighted by atomic mass is 10.1. The summed E-state index contributed by atoms with van der Waals surface area (Å²) >= 11 is 0. The number of carbonyl (C=O) groups is 2. The summed E-state index contributed by atoms with van der Waals surface area (Å²) in [5.41, 5.74) is 4.09. The molecule has 1 N–H and O–H groups in total. The second-order valence-corrected chi connectivity index (χ2v) is 6.84. The lowest BCUT2D eigenvalue weighted by Crippen LogP contribution is -2.30. The molecule has 1 saturated heterocycles. The van der Waals surface area contributed by atoms with Crippen LogP contribution in [0.5, 0.6) is 0 Å². The summed E-state index contributed by atoms with van der Waals surface area (Å²) in [4.78, 5) is 27.8. The molecule has 0 radical (unpaired) electrons. The predicted octanol–water partition coefficient (Wildman–Crippen LogP) is 3.19. The molecule has 0 saturated carbocycles. The van der Waals surface area contributed by atoms with Crippen LogP contribution >= 0.6 is 0 Å². The van der Waals surface area contributed by atoms with Gasteiger partial charge in [0.25, 0.3) is 0 Å². The van der Waals surface area contributed by atoms with Crippen molar-refractivity contribution in [3.8, 4) is 0 Å². The summed E-state index contributed by atoms with van der Waals surface area (Å²) in [6.07, 6.45) is 1.52. The van der Waals surface area contributed by atoms with E-state index in [9.17, 15) is 9.59 Å². The SMILES string of the molecule is Cc1ccccc1CN(C)CC(=O)Nc1ccc(N2CCCC2=O)cc1. The standard InChI is InChI=1S/C21H25N3O2/c1-16-6-3-4-7-17(16)14-23(2)15-20(25)22-18-9-11-19(12-10-18)24-13-5-8-21(24)26/h3-4,6-7,9-12H,5,8,13-15H2,1-2H3,(H,22,25). The van der Waals surface area contributed by atoms with Crippen molar-refractivity contribution in [1.29, 1.82) is 0 Å². The van der Waals surface area contributed by atoms with Gasteiger partial charge in [0.05, 0.1) is 6.54 Å². The van der Waals surface area contributed by atoms with E-state index in [0.29, 0.717) is 13.0 Å².